The largest absolute Gasteiger partial charge is 0.481 e. The molecule has 1 saturated heterocycles. The highest BCUT2D eigenvalue weighted by molar-refractivity contribution is 5.83. The minimum Gasteiger partial charge on any atom is -0.481 e. The maximum atomic E-state index is 12.8. The van der Waals surface area contributed by atoms with Crippen LogP contribution < -0.4 is 5.73 Å². The summed E-state index contributed by atoms with van der Waals surface area (Å²) in [7, 11) is 0. The number of hydrogen-bond donors (Lipinski definition) is 2. The van der Waals surface area contributed by atoms with Gasteiger partial charge in [-0.25, -0.2) is 0 Å². The second kappa shape index (κ2) is 7.78. The SMILES string of the molecule is CCC(CC)(CN)C(=O)N1CCCC(C(C)CC(=O)O)C1. The molecule has 0 aliphatic carbocycles. The summed E-state index contributed by atoms with van der Waals surface area (Å²) in [5.41, 5.74) is 5.43. The van der Waals surface area contributed by atoms with Gasteiger partial charge < -0.3 is 15.7 Å². The average Bonchev–Trinajstić information content (AvgIpc) is 2.49. The van der Waals surface area contributed by atoms with Crippen molar-refractivity contribution < 1.29 is 14.7 Å². The summed E-state index contributed by atoms with van der Waals surface area (Å²) in [5.74, 6) is -0.219. The van der Waals surface area contributed by atoms with Gasteiger partial charge >= 0.3 is 5.97 Å². The summed E-state index contributed by atoms with van der Waals surface area (Å²) in [6.45, 7) is 7.84. The first kappa shape index (κ1) is 18.0. The fraction of sp³-hybridized carbons (Fsp3) is 0.875. The van der Waals surface area contributed by atoms with Gasteiger partial charge in [-0.3, -0.25) is 9.59 Å². The molecule has 0 saturated carbocycles. The Morgan fingerprint density at radius 2 is 2.00 bits per heavy atom. The molecule has 0 aromatic carbocycles. The molecule has 0 spiro atoms. The molecular formula is C16H30N2O3. The fourth-order valence-corrected chi connectivity index (χ4v) is 3.36. The molecule has 3 N–H and O–H groups in total. The predicted molar refractivity (Wildman–Crippen MR) is 82.8 cm³/mol. The Morgan fingerprint density at radius 3 is 2.48 bits per heavy atom. The van der Waals surface area contributed by atoms with E-state index in [9.17, 15) is 9.59 Å². The topological polar surface area (TPSA) is 83.6 Å². The van der Waals surface area contributed by atoms with Crippen LogP contribution in [0.1, 0.15) is 52.9 Å². The van der Waals surface area contributed by atoms with Crippen LogP contribution in [0, 0.1) is 17.3 Å². The van der Waals surface area contributed by atoms with Crippen molar-refractivity contribution in [2.24, 2.45) is 23.0 Å². The van der Waals surface area contributed by atoms with E-state index >= 15 is 0 Å². The Bertz CT molecular complexity index is 358. The zero-order chi connectivity index (χ0) is 16.0. The third-order valence-electron chi connectivity index (χ3n) is 5.24. The number of rotatable bonds is 7. The van der Waals surface area contributed by atoms with Crippen molar-refractivity contribution in [3.8, 4) is 0 Å². The highest BCUT2D eigenvalue weighted by Crippen LogP contribution is 2.32. The molecule has 5 nitrogen and oxygen atoms in total. The molecule has 2 unspecified atom stereocenters. The Kier molecular flexibility index (Phi) is 6.65. The molecular weight excluding hydrogens is 268 g/mol. The third-order valence-corrected chi connectivity index (χ3v) is 5.24. The number of carboxylic acid groups (broad SMARTS) is 1. The number of aliphatic carboxylic acids is 1. The van der Waals surface area contributed by atoms with Gasteiger partial charge in [-0.15, -0.1) is 0 Å². The van der Waals surface area contributed by atoms with Gasteiger partial charge in [0, 0.05) is 26.1 Å². The fourth-order valence-electron chi connectivity index (χ4n) is 3.36. The summed E-state index contributed by atoms with van der Waals surface area (Å²) in [5, 5.41) is 8.94. The van der Waals surface area contributed by atoms with Crippen LogP contribution in [0.15, 0.2) is 0 Å². The van der Waals surface area contributed by atoms with Gasteiger partial charge in [0.25, 0.3) is 0 Å². The lowest BCUT2D eigenvalue weighted by molar-refractivity contribution is -0.144. The number of piperidine rings is 1. The highest BCUT2D eigenvalue weighted by Gasteiger charge is 2.39. The Hall–Kier alpha value is -1.10. The van der Waals surface area contributed by atoms with Crippen LogP contribution in [0.5, 0.6) is 0 Å². The third kappa shape index (κ3) is 4.19. The maximum absolute atomic E-state index is 12.8. The number of nitrogens with two attached hydrogens (primary N) is 1. The number of carbonyl (C=O) groups is 2. The van der Waals surface area contributed by atoms with Crippen LogP contribution in [0.4, 0.5) is 0 Å². The summed E-state index contributed by atoms with van der Waals surface area (Å²) in [6.07, 6.45) is 3.65. The molecule has 2 atom stereocenters. The van der Waals surface area contributed by atoms with E-state index in [4.69, 9.17) is 10.8 Å². The van der Waals surface area contributed by atoms with Gasteiger partial charge in [-0.05, 0) is 37.5 Å². The van der Waals surface area contributed by atoms with Crippen LogP contribution >= 0.6 is 0 Å². The summed E-state index contributed by atoms with van der Waals surface area (Å²) >= 11 is 0. The number of carbonyl (C=O) groups excluding carboxylic acids is 1. The summed E-state index contributed by atoms with van der Waals surface area (Å²) in [4.78, 5) is 25.6. The monoisotopic (exact) mass is 298 g/mol. The van der Waals surface area contributed by atoms with Crippen LogP contribution in [-0.2, 0) is 9.59 Å². The van der Waals surface area contributed by atoms with Crippen LogP contribution in [-0.4, -0.2) is 41.5 Å². The molecule has 5 heteroatoms. The van der Waals surface area contributed by atoms with E-state index in [2.05, 4.69) is 0 Å². The summed E-state index contributed by atoms with van der Waals surface area (Å²) < 4.78 is 0. The van der Waals surface area contributed by atoms with Gasteiger partial charge in [0.1, 0.15) is 0 Å². The molecule has 122 valence electrons. The smallest absolute Gasteiger partial charge is 0.303 e. The Labute approximate surface area is 127 Å². The lowest BCUT2D eigenvalue weighted by Gasteiger charge is -2.41. The van der Waals surface area contributed by atoms with Crippen LogP contribution in [0.3, 0.4) is 0 Å². The first-order valence-electron chi connectivity index (χ1n) is 8.11. The lowest BCUT2D eigenvalue weighted by Crippen LogP contribution is -2.51. The molecule has 1 aliphatic rings. The second-order valence-electron chi connectivity index (χ2n) is 6.42. The minimum atomic E-state index is -0.760. The van der Waals surface area contributed by atoms with Crippen molar-refractivity contribution in [3.63, 3.8) is 0 Å². The second-order valence-corrected chi connectivity index (χ2v) is 6.42. The Morgan fingerprint density at radius 1 is 1.38 bits per heavy atom. The van der Waals surface area contributed by atoms with Gasteiger partial charge in [0.05, 0.1) is 5.41 Å². The molecule has 1 amide bonds. The zero-order valence-corrected chi connectivity index (χ0v) is 13.6. The normalized spacial score (nSPS) is 21.1. The number of hydrogen-bond acceptors (Lipinski definition) is 3. The predicted octanol–water partition coefficient (Wildman–Crippen LogP) is 2.10. The van der Waals surface area contributed by atoms with Crippen molar-refractivity contribution in [1.82, 2.24) is 4.90 Å². The van der Waals surface area contributed by atoms with Gasteiger partial charge in [0.15, 0.2) is 0 Å². The minimum absolute atomic E-state index is 0.105. The maximum Gasteiger partial charge on any atom is 0.303 e. The van der Waals surface area contributed by atoms with Crippen molar-refractivity contribution in [2.75, 3.05) is 19.6 Å². The zero-order valence-electron chi connectivity index (χ0n) is 13.6. The van der Waals surface area contributed by atoms with Crippen LogP contribution in [0.25, 0.3) is 0 Å². The quantitative estimate of drug-likeness (QED) is 0.754. The molecule has 1 rings (SSSR count). The van der Waals surface area contributed by atoms with E-state index in [-0.39, 0.29) is 24.2 Å². The van der Waals surface area contributed by atoms with Gasteiger partial charge in [0.2, 0.25) is 5.91 Å². The standard InChI is InChI=1S/C16H30N2O3/c1-4-16(5-2,11-17)15(21)18-8-6-7-13(10-18)12(3)9-14(19)20/h12-13H,4-11,17H2,1-3H3,(H,19,20). The van der Waals surface area contributed by atoms with E-state index in [1.165, 1.54) is 0 Å². The molecule has 21 heavy (non-hydrogen) atoms. The van der Waals surface area contributed by atoms with Crippen molar-refractivity contribution in [1.29, 1.82) is 0 Å². The van der Waals surface area contributed by atoms with E-state index in [0.29, 0.717) is 13.1 Å². The summed E-state index contributed by atoms with van der Waals surface area (Å²) in [6, 6.07) is 0. The van der Waals surface area contributed by atoms with Gasteiger partial charge in [-0.1, -0.05) is 20.8 Å². The molecule has 1 aliphatic heterocycles. The first-order chi connectivity index (χ1) is 9.90. The average molecular weight is 298 g/mol. The van der Waals surface area contributed by atoms with E-state index in [0.717, 1.165) is 32.2 Å². The van der Waals surface area contributed by atoms with Gasteiger partial charge in [-0.2, -0.15) is 0 Å². The number of amides is 1. The van der Waals surface area contributed by atoms with Crippen molar-refractivity contribution in [2.45, 2.75) is 52.9 Å². The molecule has 1 fully saturated rings. The Balaban J connectivity index is 2.75. The molecule has 0 radical (unpaired) electrons. The number of nitrogens with zero attached hydrogens (tertiary/aromatic N) is 1. The highest BCUT2D eigenvalue weighted by atomic mass is 16.4. The van der Waals surface area contributed by atoms with E-state index in [1.807, 2.05) is 25.7 Å². The van der Waals surface area contributed by atoms with Crippen molar-refractivity contribution >= 4 is 11.9 Å². The molecule has 0 aromatic heterocycles. The van der Waals surface area contributed by atoms with Crippen molar-refractivity contribution in [3.05, 3.63) is 0 Å². The van der Waals surface area contributed by atoms with Crippen LogP contribution in [0.2, 0.25) is 0 Å². The van der Waals surface area contributed by atoms with E-state index < -0.39 is 11.4 Å². The lowest BCUT2D eigenvalue weighted by atomic mass is 9.79. The number of likely N-dealkylation sites (tertiary alicyclic amines) is 1. The van der Waals surface area contributed by atoms with E-state index in [1.54, 1.807) is 0 Å². The molecule has 1 heterocycles. The number of carboxylic acids is 1. The first-order valence-corrected chi connectivity index (χ1v) is 8.11. The molecule has 0 bridgehead atoms. The molecule has 0 aromatic rings.